The van der Waals surface area contributed by atoms with Gasteiger partial charge in [0.2, 0.25) is 0 Å². The Morgan fingerprint density at radius 1 is 1.10 bits per heavy atom. The highest BCUT2D eigenvalue weighted by Crippen LogP contribution is 2.28. The van der Waals surface area contributed by atoms with Gasteiger partial charge in [0.15, 0.2) is 11.5 Å². The van der Waals surface area contributed by atoms with E-state index in [1.165, 1.54) is 5.56 Å². The number of hydrogen-bond donors (Lipinski definition) is 1. The molecule has 0 spiro atoms. The standard InChI is InChI=1S/C16H18N2O2/c1-12-3-5-13(6-4-12)11-20-15-8-7-14(10-18-17)9-16(15)19-2/h3-10H,11,17H2,1-2H3. The number of nitrogens with two attached hydrogens (primary N) is 1. The fourth-order valence-corrected chi connectivity index (χ4v) is 1.82. The van der Waals surface area contributed by atoms with Crippen LogP contribution in [0.2, 0.25) is 0 Å². The largest absolute Gasteiger partial charge is 0.493 e. The normalized spacial score (nSPS) is 10.7. The summed E-state index contributed by atoms with van der Waals surface area (Å²) in [5.74, 6) is 6.49. The van der Waals surface area contributed by atoms with Crippen LogP contribution in [0, 0.1) is 6.92 Å². The fourth-order valence-electron chi connectivity index (χ4n) is 1.82. The van der Waals surface area contributed by atoms with E-state index < -0.39 is 0 Å². The molecule has 2 rings (SSSR count). The first kappa shape index (κ1) is 13.9. The minimum absolute atomic E-state index is 0.501. The van der Waals surface area contributed by atoms with Gasteiger partial charge in [0, 0.05) is 0 Å². The second-order valence-electron chi connectivity index (χ2n) is 4.46. The Morgan fingerprint density at radius 3 is 2.50 bits per heavy atom. The van der Waals surface area contributed by atoms with Gasteiger partial charge in [-0.1, -0.05) is 29.8 Å². The molecule has 0 atom stereocenters. The molecule has 0 fully saturated rings. The molecular formula is C16H18N2O2. The van der Waals surface area contributed by atoms with Crippen LogP contribution in [0.5, 0.6) is 11.5 Å². The third-order valence-electron chi connectivity index (χ3n) is 2.93. The first-order valence-corrected chi connectivity index (χ1v) is 6.32. The molecule has 4 nitrogen and oxygen atoms in total. The summed E-state index contributed by atoms with van der Waals surface area (Å²) in [6.45, 7) is 2.56. The molecule has 0 aliphatic heterocycles. The average molecular weight is 270 g/mol. The Hall–Kier alpha value is -2.49. The van der Waals surface area contributed by atoms with Crippen LogP contribution in [0.1, 0.15) is 16.7 Å². The predicted octanol–water partition coefficient (Wildman–Crippen LogP) is 2.88. The van der Waals surface area contributed by atoms with Crippen LogP contribution < -0.4 is 15.3 Å². The Balaban J connectivity index is 2.10. The van der Waals surface area contributed by atoms with E-state index >= 15 is 0 Å². The topological polar surface area (TPSA) is 56.8 Å². The summed E-state index contributed by atoms with van der Waals surface area (Å²) in [4.78, 5) is 0. The van der Waals surface area contributed by atoms with Crippen molar-refractivity contribution >= 4 is 6.21 Å². The third-order valence-corrected chi connectivity index (χ3v) is 2.93. The lowest BCUT2D eigenvalue weighted by molar-refractivity contribution is 0.284. The molecule has 20 heavy (non-hydrogen) atoms. The molecule has 0 saturated heterocycles. The Labute approximate surface area is 118 Å². The second kappa shape index (κ2) is 6.61. The van der Waals surface area contributed by atoms with Gasteiger partial charge in [0.25, 0.3) is 0 Å². The minimum atomic E-state index is 0.501. The van der Waals surface area contributed by atoms with Crippen LogP contribution in [0.4, 0.5) is 0 Å². The van der Waals surface area contributed by atoms with Gasteiger partial charge in [-0.25, -0.2) is 0 Å². The van der Waals surface area contributed by atoms with Crippen molar-refractivity contribution in [1.82, 2.24) is 0 Å². The number of methoxy groups -OCH3 is 1. The molecule has 2 aromatic carbocycles. The highest BCUT2D eigenvalue weighted by Gasteiger charge is 2.05. The van der Waals surface area contributed by atoms with Crippen molar-refractivity contribution in [3.05, 3.63) is 59.2 Å². The maximum absolute atomic E-state index is 5.79. The fraction of sp³-hybridized carbons (Fsp3) is 0.188. The first-order chi connectivity index (χ1) is 9.72. The molecule has 0 aliphatic carbocycles. The molecule has 0 aromatic heterocycles. The zero-order valence-electron chi connectivity index (χ0n) is 11.7. The Bertz CT molecular complexity index is 592. The van der Waals surface area contributed by atoms with Crippen molar-refractivity contribution in [3.8, 4) is 11.5 Å². The van der Waals surface area contributed by atoms with Crippen molar-refractivity contribution in [3.63, 3.8) is 0 Å². The van der Waals surface area contributed by atoms with Gasteiger partial charge in [-0.15, -0.1) is 0 Å². The van der Waals surface area contributed by atoms with Gasteiger partial charge in [-0.05, 0) is 36.2 Å². The number of nitrogens with zero attached hydrogens (tertiary/aromatic N) is 1. The quantitative estimate of drug-likeness (QED) is 0.516. The van der Waals surface area contributed by atoms with Crippen LogP contribution in [0.3, 0.4) is 0 Å². The smallest absolute Gasteiger partial charge is 0.161 e. The summed E-state index contributed by atoms with van der Waals surface area (Å²) in [5.41, 5.74) is 3.22. The number of ether oxygens (including phenoxy) is 2. The van der Waals surface area contributed by atoms with E-state index in [9.17, 15) is 0 Å². The van der Waals surface area contributed by atoms with Gasteiger partial charge < -0.3 is 15.3 Å². The van der Waals surface area contributed by atoms with Crippen LogP contribution in [-0.4, -0.2) is 13.3 Å². The lowest BCUT2D eigenvalue weighted by Crippen LogP contribution is -1.98. The molecule has 0 heterocycles. The average Bonchev–Trinajstić information content (AvgIpc) is 2.47. The summed E-state index contributed by atoms with van der Waals surface area (Å²) in [5, 5.41) is 3.49. The monoisotopic (exact) mass is 270 g/mol. The summed E-state index contributed by atoms with van der Waals surface area (Å²) in [7, 11) is 1.61. The molecule has 0 aliphatic rings. The first-order valence-electron chi connectivity index (χ1n) is 6.32. The molecule has 104 valence electrons. The van der Waals surface area contributed by atoms with Gasteiger partial charge in [-0.2, -0.15) is 5.10 Å². The molecule has 0 radical (unpaired) electrons. The van der Waals surface area contributed by atoms with Crippen LogP contribution >= 0.6 is 0 Å². The van der Waals surface area contributed by atoms with E-state index in [2.05, 4.69) is 36.3 Å². The predicted molar refractivity (Wildman–Crippen MR) is 80.3 cm³/mol. The summed E-state index contributed by atoms with van der Waals surface area (Å²) in [6.07, 6.45) is 1.56. The molecular weight excluding hydrogens is 252 g/mol. The Kier molecular flexibility index (Phi) is 4.60. The summed E-state index contributed by atoms with van der Waals surface area (Å²) >= 11 is 0. The lowest BCUT2D eigenvalue weighted by atomic mass is 10.2. The maximum atomic E-state index is 5.79. The molecule has 0 unspecified atom stereocenters. The number of benzene rings is 2. The molecule has 2 aromatic rings. The highest BCUT2D eigenvalue weighted by atomic mass is 16.5. The van der Waals surface area contributed by atoms with Crippen LogP contribution in [0.25, 0.3) is 0 Å². The number of aryl methyl sites for hydroxylation is 1. The highest BCUT2D eigenvalue weighted by molar-refractivity contribution is 5.80. The molecule has 0 saturated carbocycles. The van der Waals surface area contributed by atoms with Gasteiger partial charge in [0.05, 0.1) is 13.3 Å². The van der Waals surface area contributed by atoms with E-state index in [1.54, 1.807) is 13.3 Å². The number of hydrazone groups is 1. The van der Waals surface area contributed by atoms with Crippen LogP contribution in [0.15, 0.2) is 47.6 Å². The van der Waals surface area contributed by atoms with Crippen molar-refractivity contribution in [2.45, 2.75) is 13.5 Å². The lowest BCUT2D eigenvalue weighted by Gasteiger charge is -2.11. The summed E-state index contributed by atoms with van der Waals surface area (Å²) in [6, 6.07) is 13.8. The van der Waals surface area contributed by atoms with Crippen molar-refractivity contribution in [2.24, 2.45) is 10.9 Å². The third kappa shape index (κ3) is 3.51. The van der Waals surface area contributed by atoms with Crippen LogP contribution in [-0.2, 0) is 6.61 Å². The van der Waals surface area contributed by atoms with E-state index in [0.29, 0.717) is 18.1 Å². The SMILES string of the molecule is COc1cc(C=NN)ccc1OCc1ccc(C)cc1. The van der Waals surface area contributed by atoms with E-state index in [-0.39, 0.29) is 0 Å². The molecule has 0 amide bonds. The van der Waals surface area contributed by atoms with Crippen molar-refractivity contribution in [2.75, 3.05) is 7.11 Å². The zero-order valence-corrected chi connectivity index (χ0v) is 11.7. The summed E-state index contributed by atoms with van der Waals surface area (Å²) < 4.78 is 11.1. The van der Waals surface area contributed by atoms with E-state index in [1.807, 2.05) is 18.2 Å². The van der Waals surface area contributed by atoms with E-state index in [0.717, 1.165) is 11.1 Å². The molecule has 4 heteroatoms. The van der Waals surface area contributed by atoms with Gasteiger partial charge in [0.1, 0.15) is 6.61 Å². The maximum Gasteiger partial charge on any atom is 0.161 e. The van der Waals surface area contributed by atoms with Crippen molar-refractivity contribution in [1.29, 1.82) is 0 Å². The van der Waals surface area contributed by atoms with Crippen molar-refractivity contribution < 1.29 is 9.47 Å². The molecule has 2 N–H and O–H groups in total. The van der Waals surface area contributed by atoms with Gasteiger partial charge >= 0.3 is 0 Å². The number of rotatable bonds is 5. The second-order valence-corrected chi connectivity index (χ2v) is 4.46. The van der Waals surface area contributed by atoms with Gasteiger partial charge in [-0.3, -0.25) is 0 Å². The Morgan fingerprint density at radius 2 is 1.85 bits per heavy atom. The molecule has 0 bridgehead atoms. The van der Waals surface area contributed by atoms with E-state index in [4.69, 9.17) is 15.3 Å². The zero-order chi connectivity index (χ0) is 14.4. The number of hydrogen-bond acceptors (Lipinski definition) is 4. The minimum Gasteiger partial charge on any atom is -0.493 e.